The zero-order valence-corrected chi connectivity index (χ0v) is 15.3. The van der Waals surface area contributed by atoms with Crippen LogP contribution in [-0.2, 0) is 11.3 Å². The van der Waals surface area contributed by atoms with Crippen LogP contribution in [0.1, 0.15) is 18.1 Å². The van der Waals surface area contributed by atoms with Gasteiger partial charge in [-0.15, -0.1) is 0 Å². The van der Waals surface area contributed by atoms with Crippen LogP contribution in [0.2, 0.25) is 0 Å². The van der Waals surface area contributed by atoms with E-state index in [0.717, 1.165) is 12.4 Å². The lowest BCUT2D eigenvalue weighted by molar-refractivity contribution is 0.105. The van der Waals surface area contributed by atoms with Crippen LogP contribution in [0.4, 0.5) is 16.6 Å². The number of hydrogen-bond acceptors (Lipinski definition) is 6. The minimum absolute atomic E-state index is 0.248. The van der Waals surface area contributed by atoms with E-state index in [-0.39, 0.29) is 6.09 Å². The number of carbonyl (C=O) groups is 1. The van der Waals surface area contributed by atoms with Gasteiger partial charge in [0.15, 0.2) is 0 Å². The van der Waals surface area contributed by atoms with Gasteiger partial charge in [-0.2, -0.15) is 4.98 Å². The number of nitrogens with one attached hydrogen (secondary N) is 1. The molecule has 3 rings (SSSR count). The van der Waals surface area contributed by atoms with Gasteiger partial charge in [0, 0.05) is 38.9 Å². The summed E-state index contributed by atoms with van der Waals surface area (Å²) < 4.78 is 5.05. The highest BCUT2D eigenvalue weighted by Gasteiger charge is 2.23. The highest BCUT2D eigenvalue weighted by molar-refractivity contribution is 5.68. The zero-order valence-electron chi connectivity index (χ0n) is 15.3. The van der Waals surface area contributed by atoms with Gasteiger partial charge in [-0.3, -0.25) is 0 Å². The molecule has 1 saturated heterocycles. The minimum atomic E-state index is -0.248. The van der Waals surface area contributed by atoms with Crippen LogP contribution in [-0.4, -0.2) is 53.7 Å². The number of anilines is 2. The Balaban J connectivity index is 1.57. The summed E-state index contributed by atoms with van der Waals surface area (Å²) in [5, 5.41) is 3.35. The molecule has 7 nitrogen and oxygen atoms in total. The fraction of sp³-hybridized carbons (Fsp3) is 0.421. The summed E-state index contributed by atoms with van der Waals surface area (Å²) >= 11 is 0. The van der Waals surface area contributed by atoms with Crippen molar-refractivity contribution in [3.63, 3.8) is 0 Å². The van der Waals surface area contributed by atoms with Crippen LogP contribution in [0, 0.1) is 6.92 Å². The summed E-state index contributed by atoms with van der Waals surface area (Å²) in [7, 11) is 0. The first-order valence-corrected chi connectivity index (χ1v) is 8.95. The van der Waals surface area contributed by atoms with Gasteiger partial charge in [0.05, 0.1) is 6.61 Å². The third-order valence-corrected chi connectivity index (χ3v) is 4.29. The molecule has 138 valence electrons. The predicted molar refractivity (Wildman–Crippen MR) is 101 cm³/mol. The Morgan fingerprint density at radius 1 is 1.23 bits per heavy atom. The second kappa shape index (κ2) is 8.51. The molecule has 1 aliphatic rings. The van der Waals surface area contributed by atoms with Gasteiger partial charge in [0.1, 0.15) is 5.82 Å². The van der Waals surface area contributed by atoms with E-state index in [9.17, 15) is 4.79 Å². The largest absolute Gasteiger partial charge is 0.450 e. The van der Waals surface area contributed by atoms with E-state index < -0.39 is 0 Å². The van der Waals surface area contributed by atoms with Gasteiger partial charge in [-0.25, -0.2) is 9.78 Å². The maximum absolute atomic E-state index is 11.8. The number of nitrogens with zero attached hydrogens (tertiary/aromatic N) is 4. The first-order valence-electron chi connectivity index (χ1n) is 8.95. The summed E-state index contributed by atoms with van der Waals surface area (Å²) in [5.74, 6) is 1.48. The molecule has 1 aromatic carbocycles. The Kier molecular flexibility index (Phi) is 5.88. The highest BCUT2D eigenvalue weighted by Crippen LogP contribution is 2.15. The van der Waals surface area contributed by atoms with Gasteiger partial charge in [-0.1, -0.05) is 29.8 Å². The number of ether oxygens (including phenoxy) is 1. The maximum Gasteiger partial charge on any atom is 0.409 e. The molecule has 2 aromatic rings. The molecule has 2 heterocycles. The van der Waals surface area contributed by atoms with Crippen LogP contribution in [0.3, 0.4) is 0 Å². The molecule has 0 unspecified atom stereocenters. The van der Waals surface area contributed by atoms with Crippen molar-refractivity contribution in [3.05, 3.63) is 47.7 Å². The smallest absolute Gasteiger partial charge is 0.409 e. The van der Waals surface area contributed by atoms with Crippen molar-refractivity contribution in [1.29, 1.82) is 0 Å². The molecule has 1 aromatic heterocycles. The van der Waals surface area contributed by atoms with Crippen molar-refractivity contribution >= 4 is 17.9 Å². The Morgan fingerprint density at radius 2 is 2.04 bits per heavy atom. The molecule has 1 N–H and O–H groups in total. The zero-order chi connectivity index (χ0) is 18.4. The topological polar surface area (TPSA) is 70.6 Å². The van der Waals surface area contributed by atoms with E-state index >= 15 is 0 Å². The summed E-state index contributed by atoms with van der Waals surface area (Å²) in [5.41, 5.74) is 2.46. The average Bonchev–Trinajstić information content (AvgIpc) is 2.67. The number of aromatic nitrogens is 2. The van der Waals surface area contributed by atoms with Gasteiger partial charge in [0.25, 0.3) is 0 Å². The van der Waals surface area contributed by atoms with Gasteiger partial charge in [0.2, 0.25) is 5.95 Å². The standard InChI is InChI=1S/C19H25N5O2/c1-3-26-19(25)24-11-9-23(10-12-24)18-20-8-7-17(22-18)21-14-16-6-4-5-15(2)13-16/h4-8,13H,3,9-12,14H2,1-2H3,(H,20,21,22). The van der Waals surface area contributed by atoms with E-state index in [1.54, 1.807) is 11.1 Å². The van der Waals surface area contributed by atoms with Crippen LogP contribution in [0.15, 0.2) is 36.5 Å². The molecule has 0 aliphatic carbocycles. The molecule has 1 fully saturated rings. The number of carbonyl (C=O) groups excluding carboxylic acids is 1. The number of rotatable bonds is 5. The number of aryl methyl sites for hydroxylation is 1. The monoisotopic (exact) mass is 355 g/mol. The van der Waals surface area contributed by atoms with Crippen molar-refractivity contribution in [1.82, 2.24) is 14.9 Å². The molecule has 1 amide bonds. The lowest BCUT2D eigenvalue weighted by atomic mass is 10.1. The van der Waals surface area contributed by atoms with E-state index in [1.165, 1.54) is 11.1 Å². The molecule has 0 spiro atoms. The molecule has 7 heteroatoms. The summed E-state index contributed by atoms with van der Waals surface area (Å²) in [4.78, 5) is 24.6. The molecule has 1 aliphatic heterocycles. The van der Waals surface area contributed by atoms with Gasteiger partial charge >= 0.3 is 6.09 Å². The number of hydrogen-bond donors (Lipinski definition) is 1. The summed E-state index contributed by atoms with van der Waals surface area (Å²) in [6.45, 7) is 7.64. The maximum atomic E-state index is 11.8. The fourth-order valence-electron chi connectivity index (χ4n) is 2.92. The average molecular weight is 355 g/mol. The lowest BCUT2D eigenvalue weighted by Crippen LogP contribution is -2.49. The molecule has 0 atom stereocenters. The van der Waals surface area contributed by atoms with E-state index in [1.807, 2.05) is 13.0 Å². The first-order chi connectivity index (χ1) is 12.7. The van der Waals surface area contributed by atoms with Crippen LogP contribution < -0.4 is 10.2 Å². The van der Waals surface area contributed by atoms with Crippen LogP contribution in [0.5, 0.6) is 0 Å². The summed E-state index contributed by atoms with van der Waals surface area (Å²) in [6, 6.07) is 10.3. The molecular weight excluding hydrogens is 330 g/mol. The van der Waals surface area contributed by atoms with E-state index in [4.69, 9.17) is 4.74 Å². The third-order valence-electron chi connectivity index (χ3n) is 4.29. The summed E-state index contributed by atoms with van der Waals surface area (Å²) in [6.07, 6.45) is 1.51. The highest BCUT2D eigenvalue weighted by atomic mass is 16.6. The first kappa shape index (κ1) is 18.0. The number of benzene rings is 1. The molecule has 0 bridgehead atoms. The van der Waals surface area contributed by atoms with E-state index in [2.05, 4.69) is 51.4 Å². The van der Waals surface area contributed by atoms with Crippen LogP contribution in [0.25, 0.3) is 0 Å². The van der Waals surface area contributed by atoms with Crippen molar-refractivity contribution in [3.8, 4) is 0 Å². The number of piperazine rings is 1. The normalized spacial score (nSPS) is 14.2. The predicted octanol–water partition coefficient (Wildman–Crippen LogP) is 2.68. The van der Waals surface area contributed by atoms with Crippen molar-refractivity contribution in [2.45, 2.75) is 20.4 Å². The van der Waals surface area contributed by atoms with Crippen molar-refractivity contribution in [2.75, 3.05) is 43.0 Å². The van der Waals surface area contributed by atoms with Crippen molar-refractivity contribution in [2.24, 2.45) is 0 Å². The Hall–Kier alpha value is -2.83. The second-order valence-corrected chi connectivity index (χ2v) is 6.26. The van der Waals surface area contributed by atoms with Gasteiger partial charge in [-0.05, 0) is 25.5 Å². The molecule has 26 heavy (non-hydrogen) atoms. The molecular formula is C19H25N5O2. The minimum Gasteiger partial charge on any atom is -0.450 e. The third kappa shape index (κ3) is 4.62. The van der Waals surface area contributed by atoms with Crippen molar-refractivity contribution < 1.29 is 9.53 Å². The number of amides is 1. The SMILES string of the molecule is CCOC(=O)N1CCN(c2nccc(NCc3cccc(C)c3)n2)CC1. The van der Waals surface area contributed by atoms with Gasteiger partial charge < -0.3 is 19.9 Å². The van der Waals surface area contributed by atoms with E-state index in [0.29, 0.717) is 38.7 Å². The van der Waals surface area contributed by atoms with Crippen LogP contribution >= 0.6 is 0 Å². The fourth-order valence-corrected chi connectivity index (χ4v) is 2.92. The Bertz CT molecular complexity index is 744. The Labute approximate surface area is 154 Å². The quantitative estimate of drug-likeness (QED) is 0.889. The molecule has 0 radical (unpaired) electrons. The lowest BCUT2D eigenvalue weighted by Gasteiger charge is -2.34. The Morgan fingerprint density at radius 3 is 2.77 bits per heavy atom. The second-order valence-electron chi connectivity index (χ2n) is 6.26. The molecule has 0 saturated carbocycles.